The van der Waals surface area contributed by atoms with Gasteiger partial charge < -0.3 is 24.9 Å². The molecular formula is C6H21N3O12P4. The zero-order valence-electron chi connectivity index (χ0n) is 12.5. The normalized spacial score (nSPS) is 21.7. The first-order valence-electron chi connectivity index (χ1n) is 6.34. The van der Waals surface area contributed by atoms with Crippen LogP contribution in [-0.2, 0) is 36.4 Å². The highest BCUT2D eigenvalue weighted by atomic mass is 31.1. The van der Waals surface area contributed by atoms with Gasteiger partial charge in [-0.25, -0.2) is 0 Å². The summed E-state index contributed by atoms with van der Waals surface area (Å²) in [5.74, 6) is -4.61. The van der Waals surface area contributed by atoms with Gasteiger partial charge in [-0.05, 0) is 0 Å². The van der Waals surface area contributed by atoms with E-state index in [9.17, 15) is 18.3 Å². The van der Waals surface area contributed by atoms with Crippen LogP contribution >= 0.6 is 33.0 Å². The van der Waals surface area contributed by atoms with Crippen LogP contribution in [0.1, 0.15) is 12.8 Å². The Labute approximate surface area is 144 Å². The predicted octanol–water partition coefficient (Wildman–Crippen LogP) is -1.82. The van der Waals surface area contributed by atoms with Crippen molar-refractivity contribution in [3.05, 3.63) is 0 Å². The summed E-state index contributed by atoms with van der Waals surface area (Å²) in [7, 11) is -14.3. The van der Waals surface area contributed by atoms with Crippen molar-refractivity contribution in [1.82, 2.24) is 5.32 Å². The number of nitrogens with two attached hydrogens (primary N) is 2. The monoisotopic (exact) mass is 451 g/mol. The van der Waals surface area contributed by atoms with Gasteiger partial charge in [0.15, 0.2) is 0 Å². The highest BCUT2D eigenvalue weighted by Gasteiger charge is 2.32. The third kappa shape index (κ3) is 13.3. The molecule has 15 nitrogen and oxygen atoms in total. The Bertz CT molecular complexity index is 443. The summed E-state index contributed by atoms with van der Waals surface area (Å²) >= 11 is 0. The molecule has 0 saturated carbocycles. The molecule has 4 unspecified atom stereocenters. The standard InChI is InChI=1S/C6H21N3O12P4/c7-5(18-22(10)11,19-23(12)13)1-3-9-4-2-6(8,20-24(14)15)21-25(16)17/h9,22-25H,1-4,7-8H2,(H,10,11)(H,12,13)(H,14,15)(H,16,17). The Hall–Kier alpha value is 0.480. The molecule has 25 heavy (non-hydrogen) atoms. The molecule has 0 aromatic heterocycles. The molecule has 0 amide bonds. The molecule has 0 aliphatic carbocycles. The Morgan fingerprint density at radius 3 is 1.12 bits per heavy atom. The number of rotatable bonds is 14. The second-order valence-corrected chi connectivity index (χ2v) is 7.29. The fraction of sp³-hybridized carbons (Fsp3) is 1.00. The molecular weight excluding hydrogens is 430 g/mol. The van der Waals surface area contributed by atoms with Crippen molar-refractivity contribution in [2.24, 2.45) is 11.5 Å². The van der Waals surface area contributed by atoms with Crippen LogP contribution in [0.25, 0.3) is 0 Å². The molecule has 0 aliphatic rings. The minimum atomic E-state index is -3.57. The summed E-state index contributed by atoms with van der Waals surface area (Å²) in [4.78, 5) is 34.8. The predicted molar refractivity (Wildman–Crippen MR) is 85.2 cm³/mol. The van der Waals surface area contributed by atoms with Gasteiger partial charge in [-0.15, -0.1) is 0 Å². The van der Waals surface area contributed by atoms with E-state index in [1.165, 1.54) is 0 Å². The van der Waals surface area contributed by atoms with Crippen LogP contribution in [0.15, 0.2) is 0 Å². The second kappa shape index (κ2) is 12.0. The van der Waals surface area contributed by atoms with E-state index in [0.717, 1.165) is 0 Å². The quantitative estimate of drug-likeness (QED) is 0.0872. The van der Waals surface area contributed by atoms with Crippen LogP contribution in [0.3, 0.4) is 0 Å². The van der Waals surface area contributed by atoms with Gasteiger partial charge in [0, 0.05) is 25.9 Å². The van der Waals surface area contributed by atoms with E-state index in [1.807, 2.05) is 0 Å². The summed E-state index contributed by atoms with van der Waals surface area (Å²) < 4.78 is 60.2. The lowest BCUT2D eigenvalue weighted by Gasteiger charge is -2.28. The zero-order chi connectivity index (χ0) is 19.7. The van der Waals surface area contributed by atoms with Gasteiger partial charge >= 0.3 is 33.0 Å². The third-order valence-electron chi connectivity index (χ3n) is 2.34. The Kier molecular flexibility index (Phi) is 12.3. The van der Waals surface area contributed by atoms with Crippen LogP contribution < -0.4 is 16.8 Å². The molecule has 0 heterocycles. The Morgan fingerprint density at radius 2 is 0.920 bits per heavy atom. The van der Waals surface area contributed by atoms with Crippen LogP contribution in [0, 0.1) is 0 Å². The molecule has 0 saturated heterocycles. The third-order valence-corrected chi connectivity index (χ3v) is 4.42. The molecule has 0 spiro atoms. The van der Waals surface area contributed by atoms with Gasteiger partial charge in [0.1, 0.15) is 0 Å². The minimum Gasteiger partial charge on any atom is -0.326 e. The van der Waals surface area contributed by atoms with E-state index in [0.29, 0.717) is 0 Å². The number of nitrogens with one attached hydrogen (secondary N) is 1. The van der Waals surface area contributed by atoms with Crippen molar-refractivity contribution in [3.8, 4) is 0 Å². The topological polar surface area (TPSA) is 250 Å². The maximum atomic E-state index is 10.7. The van der Waals surface area contributed by atoms with Gasteiger partial charge in [-0.3, -0.25) is 47.8 Å². The summed E-state index contributed by atoms with van der Waals surface area (Å²) in [5.41, 5.74) is 10.9. The molecule has 9 N–H and O–H groups in total. The van der Waals surface area contributed by atoms with Crippen LogP contribution in [-0.4, -0.2) is 44.5 Å². The molecule has 0 rings (SSSR count). The highest BCUT2D eigenvalue weighted by molar-refractivity contribution is 7.33. The summed E-state index contributed by atoms with van der Waals surface area (Å²) in [6, 6.07) is 0. The van der Waals surface area contributed by atoms with Gasteiger partial charge in [0.05, 0.1) is 0 Å². The zero-order valence-corrected chi connectivity index (χ0v) is 16.5. The van der Waals surface area contributed by atoms with Gasteiger partial charge in [0.25, 0.3) is 0 Å². The van der Waals surface area contributed by atoms with Crippen molar-refractivity contribution < 1.29 is 55.9 Å². The molecule has 152 valence electrons. The van der Waals surface area contributed by atoms with Crippen molar-refractivity contribution in [1.29, 1.82) is 0 Å². The first-order valence-corrected chi connectivity index (χ1v) is 11.4. The Morgan fingerprint density at radius 1 is 0.680 bits per heavy atom. The average molecular weight is 451 g/mol. The maximum absolute atomic E-state index is 10.7. The lowest BCUT2D eigenvalue weighted by atomic mass is 10.3. The van der Waals surface area contributed by atoms with E-state index in [-0.39, 0.29) is 25.9 Å². The molecule has 0 fully saturated rings. The lowest BCUT2D eigenvalue weighted by molar-refractivity contribution is -0.118. The number of hydrogen-bond donors (Lipinski definition) is 7. The SMILES string of the molecule is NC(CCNCCC(N)(O[PH](=O)O)O[PH](=O)O)(O[PH](=O)O)O[PH](=O)O. The molecule has 0 bridgehead atoms. The largest absolute Gasteiger partial charge is 0.326 e. The number of hydrogen-bond acceptors (Lipinski definition) is 11. The van der Waals surface area contributed by atoms with Crippen molar-refractivity contribution in [3.63, 3.8) is 0 Å². The minimum absolute atomic E-state index is 0.0977. The van der Waals surface area contributed by atoms with E-state index < -0.39 is 44.8 Å². The highest BCUT2D eigenvalue weighted by Crippen LogP contribution is 2.34. The molecule has 0 aromatic carbocycles. The van der Waals surface area contributed by atoms with Crippen LogP contribution in [0.5, 0.6) is 0 Å². The molecule has 0 aromatic rings. The van der Waals surface area contributed by atoms with E-state index in [4.69, 9.17) is 31.0 Å². The lowest BCUT2D eigenvalue weighted by Crippen LogP contribution is -2.46. The Balaban J connectivity index is 4.51. The smallest absolute Gasteiger partial charge is 0.320 e. The molecule has 0 radical (unpaired) electrons. The van der Waals surface area contributed by atoms with Gasteiger partial charge in [-0.1, -0.05) is 0 Å². The van der Waals surface area contributed by atoms with Gasteiger partial charge in [-0.2, -0.15) is 0 Å². The van der Waals surface area contributed by atoms with Crippen LogP contribution in [0.4, 0.5) is 0 Å². The average Bonchev–Trinajstić information content (AvgIpc) is 2.33. The first-order chi connectivity index (χ1) is 11.4. The second-order valence-electron chi connectivity index (χ2n) is 4.35. The van der Waals surface area contributed by atoms with Crippen molar-refractivity contribution in [2.45, 2.75) is 24.7 Å². The van der Waals surface area contributed by atoms with Crippen molar-refractivity contribution >= 4 is 33.0 Å². The summed E-state index contributed by atoms with van der Waals surface area (Å²) in [5, 5.41) is 2.62. The fourth-order valence-corrected chi connectivity index (χ4v) is 3.41. The maximum Gasteiger partial charge on any atom is 0.320 e. The van der Waals surface area contributed by atoms with Crippen LogP contribution in [0.2, 0.25) is 0 Å². The summed E-state index contributed by atoms with van der Waals surface area (Å²) in [6.45, 7) is -0.195. The van der Waals surface area contributed by atoms with E-state index in [2.05, 4.69) is 23.4 Å². The molecule has 4 atom stereocenters. The fourth-order valence-electron chi connectivity index (χ4n) is 1.49. The summed E-state index contributed by atoms with van der Waals surface area (Å²) in [6.07, 6.45) is -0.708. The molecule has 19 heteroatoms. The van der Waals surface area contributed by atoms with E-state index >= 15 is 0 Å². The first kappa shape index (κ1) is 25.5. The molecule has 0 aliphatic heterocycles. The van der Waals surface area contributed by atoms with Gasteiger partial charge in [0.2, 0.25) is 11.8 Å². The van der Waals surface area contributed by atoms with E-state index in [1.54, 1.807) is 0 Å². The van der Waals surface area contributed by atoms with Crippen molar-refractivity contribution in [2.75, 3.05) is 13.1 Å².